The minimum absolute atomic E-state index is 0.177. The van der Waals surface area contributed by atoms with Crippen molar-refractivity contribution in [1.29, 1.82) is 0 Å². The molecule has 3 nitrogen and oxygen atoms in total. The number of amides is 1. The Labute approximate surface area is 120 Å². The fraction of sp³-hybridized carbons (Fsp3) is 0.429. The van der Waals surface area contributed by atoms with Gasteiger partial charge >= 0.3 is 0 Å². The lowest BCUT2D eigenvalue weighted by molar-refractivity contribution is -0.114. The van der Waals surface area contributed by atoms with Crippen LogP contribution < -0.4 is 4.90 Å². The average Bonchev–Trinajstić information content (AvgIpc) is 2.66. The summed E-state index contributed by atoms with van der Waals surface area (Å²) >= 11 is 5.63. The van der Waals surface area contributed by atoms with E-state index in [4.69, 9.17) is 11.6 Å². The Bertz CT molecular complexity index is 562. The molecule has 108 valence electrons. The molecule has 20 heavy (non-hydrogen) atoms. The topological polar surface area (TPSA) is 37.4 Å². The maximum atomic E-state index is 13.8. The summed E-state index contributed by atoms with van der Waals surface area (Å²) in [6.45, 7) is 2.13. The number of carbonyl (C=O) groups excluding carboxylic acids is 2. The minimum Gasteiger partial charge on any atom is -0.302 e. The summed E-state index contributed by atoms with van der Waals surface area (Å²) in [7, 11) is 0. The lowest BCUT2D eigenvalue weighted by Gasteiger charge is -2.19. The molecule has 2 rings (SSSR count). The zero-order valence-corrected chi connectivity index (χ0v) is 11.7. The number of benzene rings is 1. The molecule has 1 amide bonds. The van der Waals surface area contributed by atoms with E-state index >= 15 is 0 Å². The first-order valence-corrected chi connectivity index (χ1v) is 6.91. The fourth-order valence-electron chi connectivity index (χ4n) is 2.25. The number of fused-ring (bicyclic) bond motifs is 1. The molecule has 0 aliphatic carbocycles. The molecule has 0 saturated carbocycles. The minimum atomic E-state index is -0.984. The number of hydrogen-bond donors (Lipinski definition) is 0. The lowest BCUT2D eigenvalue weighted by Crippen LogP contribution is -2.32. The normalized spacial score (nSPS) is 15.7. The number of Topliss-reactive ketones (excluding diaryl/α,β-unsaturated/α-hetero) is 1. The summed E-state index contributed by atoms with van der Waals surface area (Å²) in [5.41, 5.74) is -0.696. The van der Waals surface area contributed by atoms with Crippen LogP contribution in [0.1, 0.15) is 30.1 Å². The summed E-state index contributed by atoms with van der Waals surface area (Å²) in [5.74, 6) is -2.75. The largest absolute Gasteiger partial charge is 0.302 e. The van der Waals surface area contributed by atoms with Crippen molar-refractivity contribution < 1.29 is 18.4 Å². The smallest absolute Gasteiger partial charge is 0.299 e. The Morgan fingerprint density at radius 3 is 2.50 bits per heavy atom. The number of anilines is 1. The van der Waals surface area contributed by atoms with Crippen LogP contribution in [0.4, 0.5) is 14.5 Å². The van der Waals surface area contributed by atoms with Gasteiger partial charge in [0.05, 0.1) is 11.3 Å². The average molecular weight is 302 g/mol. The number of halogens is 3. The molecule has 1 heterocycles. The highest BCUT2D eigenvalue weighted by Gasteiger charge is 2.40. The highest BCUT2D eigenvalue weighted by Crippen LogP contribution is 2.34. The van der Waals surface area contributed by atoms with Gasteiger partial charge in [-0.2, -0.15) is 0 Å². The van der Waals surface area contributed by atoms with Gasteiger partial charge in [-0.3, -0.25) is 9.59 Å². The molecule has 0 bridgehead atoms. The third kappa shape index (κ3) is 2.54. The van der Waals surface area contributed by atoms with E-state index in [1.165, 1.54) is 0 Å². The summed E-state index contributed by atoms with van der Waals surface area (Å²) in [5, 5.41) is 0. The number of carbonyl (C=O) groups is 2. The number of hydrogen-bond acceptors (Lipinski definition) is 2. The van der Waals surface area contributed by atoms with E-state index in [0.29, 0.717) is 12.3 Å². The van der Waals surface area contributed by atoms with E-state index in [1.807, 2.05) is 6.92 Å². The second-order valence-electron chi connectivity index (χ2n) is 4.91. The molecule has 1 aromatic carbocycles. The van der Waals surface area contributed by atoms with Crippen molar-refractivity contribution >= 4 is 29.0 Å². The molecule has 0 fully saturated rings. The second kappa shape index (κ2) is 5.87. The second-order valence-corrected chi connectivity index (χ2v) is 5.29. The SMILES string of the molecule is CC(CCCl)CCN1C(=O)C(=O)c2c(F)ccc(F)c21. The lowest BCUT2D eigenvalue weighted by atomic mass is 10.0. The van der Waals surface area contributed by atoms with Gasteiger partial charge in [0, 0.05) is 12.4 Å². The van der Waals surface area contributed by atoms with Crippen molar-refractivity contribution in [3.05, 3.63) is 29.3 Å². The first-order chi connectivity index (χ1) is 9.47. The molecular formula is C14H14ClF2NO2. The van der Waals surface area contributed by atoms with Crippen LogP contribution in [0.5, 0.6) is 0 Å². The van der Waals surface area contributed by atoms with Gasteiger partial charge in [-0.25, -0.2) is 8.78 Å². The third-order valence-electron chi connectivity index (χ3n) is 3.46. The van der Waals surface area contributed by atoms with Crippen LogP contribution in [0.15, 0.2) is 12.1 Å². The van der Waals surface area contributed by atoms with Crippen LogP contribution in [-0.4, -0.2) is 24.1 Å². The standard InChI is InChI=1S/C14H14ClF2NO2/c1-8(4-6-15)5-7-18-12-10(17)3-2-9(16)11(12)13(19)14(18)20/h2-3,8H,4-7H2,1H3. The Hall–Kier alpha value is -1.49. The van der Waals surface area contributed by atoms with Crippen LogP contribution in [0.2, 0.25) is 0 Å². The van der Waals surface area contributed by atoms with Crippen molar-refractivity contribution in [1.82, 2.24) is 0 Å². The van der Waals surface area contributed by atoms with E-state index in [2.05, 4.69) is 0 Å². The predicted molar refractivity (Wildman–Crippen MR) is 72.2 cm³/mol. The molecule has 0 N–H and O–H groups in total. The van der Waals surface area contributed by atoms with Crippen molar-refractivity contribution in [2.24, 2.45) is 5.92 Å². The molecule has 0 spiro atoms. The van der Waals surface area contributed by atoms with Gasteiger partial charge in [0.25, 0.3) is 11.7 Å². The maximum absolute atomic E-state index is 13.8. The van der Waals surface area contributed by atoms with E-state index in [0.717, 1.165) is 23.5 Å². The van der Waals surface area contributed by atoms with Crippen molar-refractivity contribution in [3.8, 4) is 0 Å². The van der Waals surface area contributed by atoms with Crippen LogP contribution in [0, 0.1) is 17.6 Å². The van der Waals surface area contributed by atoms with Gasteiger partial charge in [0.2, 0.25) is 0 Å². The van der Waals surface area contributed by atoms with Crippen molar-refractivity contribution in [2.75, 3.05) is 17.3 Å². The number of ketones is 1. The molecule has 0 radical (unpaired) electrons. The Balaban J connectivity index is 2.27. The Morgan fingerprint density at radius 2 is 1.85 bits per heavy atom. The molecule has 1 aromatic rings. The van der Waals surface area contributed by atoms with Gasteiger partial charge in [-0.1, -0.05) is 6.92 Å². The van der Waals surface area contributed by atoms with E-state index in [-0.39, 0.29) is 18.2 Å². The molecule has 0 saturated heterocycles. The molecule has 0 aromatic heterocycles. The van der Waals surface area contributed by atoms with Crippen LogP contribution in [-0.2, 0) is 4.79 Å². The van der Waals surface area contributed by atoms with Gasteiger partial charge in [0.1, 0.15) is 11.6 Å². The van der Waals surface area contributed by atoms with E-state index in [9.17, 15) is 18.4 Å². The Kier molecular flexibility index (Phi) is 4.38. The van der Waals surface area contributed by atoms with Gasteiger partial charge in [-0.15, -0.1) is 11.6 Å². The first kappa shape index (κ1) is 14.9. The van der Waals surface area contributed by atoms with Crippen LogP contribution in [0.3, 0.4) is 0 Å². The van der Waals surface area contributed by atoms with Crippen molar-refractivity contribution in [2.45, 2.75) is 19.8 Å². The zero-order chi connectivity index (χ0) is 14.9. The van der Waals surface area contributed by atoms with Gasteiger partial charge in [-0.05, 0) is 30.9 Å². The summed E-state index contributed by atoms with van der Waals surface area (Å²) in [4.78, 5) is 24.6. The molecule has 1 aliphatic heterocycles. The first-order valence-electron chi connectivity index (χ1n) is 6.37. The number of rotatable bonds is 5. The molecule has 1 aliphatic rings. The summed E-state index contributed by atoms with van der Waals surface area (Å²) in [6, 6.07) is 1.79. The maximum Gasteiger partial charge on any atom is 0.299 e. The Morgan fingerprint density at radius 1 is 1.20 bits per heavy atom. The fourth-order valence-corrected chi connectivity index (χ4v) is 2.62. The van der Waals surface area contributed by atoms with Crippen LogP contribution >= 0.6 is 11.6 Å². The third-order valence-corrected chi connectivity index (χ3v) is 3.68. The number of nitrogens with zero attached hydrogens (tertiary/aromatic N) is 1. The highest BCUT2D eigenvalue weighted by molar-refractivity contribution is 6.52. The molecule has 1 atom stereocenters. The van der Waals surface area contributed by atoms with Crippen molar-refractivity contribution in [3.63, 3.8) is 0 Å². The monoisotopic (exact) mass is 301 g/mol. The highest BCUT2D eigenvalue weighted by atomic mass is 35.5. The van der Waals surface area contributed by atoms with E-state index < -0.39 is 28.9 Å². The zero-order valence-electron chi connectivity index (χ0n) is 11.0. The summed E-state index contributed by atoms with van der Waals surface area (Å²) in [6.07, 6.45) is 1.33. The predicted octanol–water partition coefficient (Wildman–Crippen LogP) is 3.15. The molecule has 6 heteroatoms. The van der Waals surface area contributed by atoms with E-state index in [1.54, 1.807) is 0 Å². The molecular weight excluding hydrogens is 288 g/mol. The summed E-state index contributed by atoms with van der Waals surface area (Å²) < 4.78 is 27.4. The molecule has 1 unspecified atom stereocenters. The van der Waals surface area contributed by atoms with Crippen LogP contribution in [0.25, 0.3) is 0 Å². The quantitative estimate of drug-likeness (QED) is 0.619. The number of alkyl halides is 1. The van der Waals surface area contributed by atoms with Gasteiger partial charge in [0.15, 0.2) is 0 Å². The van der Waals surface area contributed by atoms with Gasteiger partial charge < -0.3 is 4.90 Å².